The fourth-order valence-corrected chi connectivity index (χ4v) is 5.10. The van der Waals surface area contributed by atoms with Gasteiger partial charge in [-0.1, -0.05) is 23.9 Å². The number of nitriles is 1. The number of carbonyl (C=O) groups is 1. The molecule has 0 aromatic heterocycles. The van der Waals surface area contributed by atoms with E-state index in [1.807, 2.05) is 30.3 Å². The SMILES string of the molecule is COc1ccc(OC)c([C@@H]2CC(=O)N3CN(c4cccc(C)c4)CSC3=C2C#N)c1. The number of benzene rings is 2. The van der Waals surface area contributed by atoms with Crippen LogP contribution in [0, 0.1) is 18.3 Å². The number of nitrogens with zero attached hydrogens (tertiary/aromatic N) is 3. The zero-order valence-corrected chi connectivity index (χ0v) is 18.0. The average molecular weight is 422 g/mol. The van der Waals surface area contributed by atoms with E-state index in [-0.39, 0.29) is 18.2 Å². The van der Waals surface area contributed by atoms with Gasteiger partial charge in [0.1, 0.15) is 11.5 Å². The van der Waals surface area contributed by atoms with Crippen LogP contribution in [0.25, 0.3) is 0 Å². The number of hydrogen-bond acceptors (Lipinski definition) is 6. The third-order valence-electron chi connectivity index (χ3n) is 5.47. The molecule has 0 radical (unpaired) electrons. The Labute approximate surface area is 180 Å². The van der Waals surface area contributed by atoms with E-state index in [4.69, 9.17) is 9.47 Å². The summed E-state index contributed by atoms with van der Waals surface area (Å²) in [6, 6.07) is 16.1. The minimum atomic E-state index is -0.350. The Morgan fingerprint density at radius 2 is 2.00 bits per heavy atom. The zero-order chi connectivity index (χ0) is 21.3. The number of thioether (sulfide) groups is 1. The van der Waals surface area contributed by atoms with Crippen LogP contribution >= 0.6 is 11.8 Å². The first kappa shape index (κ1) is 20.2. The number of rotatable bonds is 4. The second-order valence-corrected chi connectivity index (χ2v) is 8.24. The molecule has 0 bridgehead atoms. The lowest BCUT2D eigenvalue weighted by Crippen LogP contribution is -2.47. The molecule has 0 unspecified atom stereocenters. The molecule has 6 nitrogen and oxygen atoms in total. The van der Waals surface area contributed by atoms with Gasteiger partial charge in [-0.25, -0.2) is 0 Å². The normalized spacial score (nSPS) is 18.7. The van der Waals surface area contributed by atoms with Gasteiger partial charge in [-0.15, -0.1) is 0 Å². The summed E-state index contributed by atoms with van der Waals surface area (Å²) in [7, 11) is 3.19. The Bertz CT molecular complexity index is 1060. The number of methoxy groups -OCH3 is 2. The predicted octanol–water partition coefficient (Wildman–Crippen LogP) is 4.23. The Kier molecular flexibility index (Phi) is 5.60. The van der Waals surface area contributed by atoms with Gasteiger partial charge in [-0.3, -0.25) is 9.69 Å². The summed E-state index contributed by atoms with van der Waals surface area (Å²) in [5.41, 5.74) is 3.65. The van der Waals surface area contributed by atoms with Crippen molar-refractivity contribution in [3.8, 4) is 17.6 Å². The highest BCUT2D eigenvalue weighted by Crippen LogP contribution is 2.46. The number of carbonyl (C=O) groups excluding carboxylic acids is 1. The summed E-state index contributed by atoms with van der Waals surface area (Å²) < 4.78 is 10.9. The fourth-order valence-electron chi connectivity index (χ4n) is 3.93. The highest BCUT2D eigenvalue weighted by Gasteiger charge is 2.39. The van der Waals surface area contributed by atoms with E-state index >= 15 is 0 Å². The van der Waals surface area contributed by atoms with Crippen molar-refractivity contribution in [2.75, 3.05) is 31.7 Å². The average Bonchev–Trinajstić information content (AvgIpc) is 2.78. The van der Waals surface area contributed by atoms with Gasteiger partial charge in [-0.2, -0.15) is 5.26 Å². The molecule has 30 heavy (non-hydrogen) atoms. The van der Waals surface area contributed by atoms with Crippen LogP contribution in [0.3, 0.4) is 0 Å². The van der Waals surface area contributed by atoms with Crippen molar-refractivity contribution < 1.29 is 14.3 Å². The number of fused-ring (bicyclic) bond motifs is 1. The molecule has 0 saturated carbocycles. The predicted molar refractivity (Wildman–Crippen MR) is 117 cm³/mol. The molecular formula is C23H23N3O3S. The summed E-state index contributed by atoms with van der Waals surface area (Å²) in [5, 5.41) is 10.8. The molecular weight excluding hydrogens is 398 g/mol. The zero-order valence-electron chi connectivity index (χ0n) is 17.2. The fraction of sp³-hybridized carbons (Fsp3) is 0.304. The van der Waals surface area contributed by atoms with Crippen molar-refractivity contribution in [1.29, 1.82) is 5.26 Å². The van der Waals surface area contributed by atoms with Crippen LogP contribution < -0.4 is 14.4 Å². The first-order valence-corrected chi connectivity index (χ1v) is 10.6. The summed E-state index contributed by atoms with van der Waals surface area (Å²) in [5.74, 6) is 1.65. The third kappa shape index (κ3) is 3.59. The number of hydrogen-bond donors (Lipinski definition) is 0. The summed E-state index contributed by atoms with van der Waals surface area (Å²) in [6.45, 7) is 2.50. The molecule has 0 N–H and O–H groups in total. The molecule has 1 amide bonds. The van der Waals surface area contributed by atoms with Crippen molar-refractivity contribution in [2.45, 2.75) is 19.3 Å². The second kappa shape index (κ2) is 8.33. The van der Waals surface area contributed by atoms with Crippen LogP contribution in [0.4, 0.5) is 5.69 Å². The molecule has 0 aliphatic carbocycles. The molecule has 0 spiro atoms. The first-order valence-electron chi connectivity index (χ1n) is 9.66. The Morgan fingerprint density at radius 1 is 1.17 bits per heavy atom. The first-order chi connectivity index (χ1) is 14.5. The van der Waals surface area contributed by atoms with Crippen LogP contribution in [0.2, 0.25) is 0 Å². The van der Waals surface area contributed by atoms with Crippen molar-refractivity contribution >= 4 is 23.4 Å². The van der Waals surface area contributed by atoms with Crippen molar-refractivity contribution in [1.82, 2.24) is 4.90 Å². The second-order valence-electron chi connectivity index (χ2n) is 7.31. The Morgan fingerprint density at radius 3 is 2.70 bits per heavy atom. The Hall–Kier alpha value is -3.11. The molecule has 4 rings (SSSR count). The number of allylic oxidation sites excluding steroid dienone is 1. The standard InChI is InChI=1S/C23H23N3O3S/c1-15-5-4-6-16(9-15)25-13-26-22(27)11-18(20(12-24)23(26)30-14-25)19-10-17(28-2)7-8-21(19)29-3/h4-10,18H,11,13-14H2,1-3H3/t18-/m0/s1. The lowest BCUT2D eigenvalue weighted by atomic mass is 9.86. The largest absolute Gasteiger partial charge is 0.497 e. The maximum atomic E-state index is 13.1. The summed E-state index contributed by atoms with van der Waals surface area (Å²) >= 11 is 1.53. The molecule has 1 atom stereocenters. The minimum Gasteiger partial charge on any atom is -0.497 e. The lowest BCUT2D eigenvalue weighted by molar-refractivity contribution is -0.129. The number of anilines is 1. The summed E-state index contributed by atoms with van der Waals surface area (Å²) in [6.07, 6.45) is 0.220. The van der Waals surface area contributed by atoms with E-state index in [0.29, 0.717) is 29.6 Å². The Balaban J connectivity index is 1.71. The molecule has 1 saturated heterocycles. The van der Waals surface area contributed by atoms with Gasteiger partial charge in [0, 0.05) is 23.6 Å². The van der Waals surface area contributed by atoms with Gasteiger partial charge >= 0.3 is 0 Å². The maximum Gasteiger partial charge on any atom is 0.229 e. The smallest absolute Gasteiger partial charge is 0.229 e. The highest BCUT2D eigenvalue weighted by atomic mass is 32.2. The summed E-state index contributed by atoms with van der Waals surface area (Å²) in [4.78, 5) is 17.0. The maximum absolute atomic E-state index is 13.1. The van der Waals surface area contributed by atoms with Crippen LogP contribution in [0.5, 0.6) is 11.5 Å². The highest BCUT2D eigenvalue weighted by molar-refractivity contribution is 8.03. The molecule has 7 heteroatoms. The quantitative estimate of drug-likeness (QED) is 0.736. The van der Waals surface area contributed by atoms with Crippen molar-refractivity contribution in [3.63, 3.8) is 0 Å². The van der Waals surface area contributed by atoms with Crippen LogP contribution in [-0.2, 0) is 4.79 Å². The van der Waals surface area contributed by atoms with E-state index in [9.17, 15) is 10.1 Å². The van der Waals surface area contributed by atoms with Gasteiger partial charge in [-0.05, 0) is 42.8 Å². The topological polar surface area (TPSA) is 65.8 Å². The van der Waals surface area contributed by atoms with E-state index in [0.717, 1.165) is 16.3 Å². The van der Waals surface area contributed by atoms with E-state index in [1.165, 1.54) is 17.3 Å². The minimum absolute atomic E-state index is 0.00345. The molecule has 2 aliphatic heterocycles. The lowest BCUT2D eigenvalue weighted by Gasteiger charge is -2.42. The third-order valence-corrected chi connectivity index (χ3v) is 6.63. The number of amides is 1. The molecule has 154 valence electrons. The molecule has 2 aromatic rings. The number of ether oxygens (including phenoxy) is 2. The van der Waals surface area contributed by atoms with E-state index < -0.39 is 0 Å². The van der Waals surface area contributed by atoms with Gasteiger partial charge in [0.2, 0.25) is 5.91 Å². The van der Waals surface area contributed by atoms with Gasteiger partial charge in [0.15, 0.2) is 0 Å². The van der Waals surface area contributed by atoms with E-state index in [1.54, 1.807) is 19.1 Å². The van der Waals surface area contributed by atoms with Gasteiger partial charge in [0.25, 0.3) is 0 Å². The van der Waals surface area contributed by atoms with Gasteiger partial charge < -0.3 is 14.4 Å². The van der Waals surface area contributed by atoms with Crippen LogP contribution in [0.1, 0.15) is 23.5 Å². The molecule has 2 heterocycles. The van der Waals surface area contributed by atoms with Crippen molar-refractivity contribution in [2.24, 2.45) is 0 Å². The monoisotopic (exact) mass is 421 g/mol. The van der Waals surface area contributed by atoms with E-state index in [2.05, 4.69) is 30.0 Å². The van der Waals surface area contributed by atoms with Gasteiger partial charge in [0.05, 0.1) is 43.4 Å². The molecule has 1 fully saturated rings. The van der Waals surface area contributed by atoms with Crippen LogP contribution in [0.15, 0.2) is 53.1 Å². The molecule has 2 aromatic carbocycles. The number of aryl methyl sites for hydroxylation is 1. The van der Waals surface area contributed by atoms with Crippen LogP contribution in [-0.4, -0.2) is 37.6 Å². The van der Waals surface area contributed by atoms with Crippen molar-refractivity contribution in [3.05, 3.63) is 64.2 Å². The molecule has 2 aliphatic rings.